The van der Waals surface area contributed by atoms with Crippen LogP contribution in [0.3, 0.4) is 0 Å². The van der Waals surface area contributed by atoms with Crippen LogP contribution in [-0.4, -0.2) is 9.55 Å². The van der Waals surface area contributed by atoms with Crippen LogP contribution in [0.5, 0.6) is 0 Å². The molecule has 0 aliphatic rings. The second kappa shape index (κ2) is 8.19. The number of pyridine rings is 1. The Morgan fingerprint density at radius 2 is 1.08 bits per heavy atom. The van der Waals surface area contributed by atoms with E-state index in [1.54, 1.807) is 0 Å². The van der Waals surface area contributed by atoms with Gasteiger partial charge in [0.1, 0.15) is 17.0 Å². The Kier molecular flexibility index (Phi) is 4.52. The summed E-state index contributed by atoms with van der Waals surface area (Å²) in [6.07, 6.45) is 0. The van der Waals surface area contributed by atoms with Crippen LogP contribution in [0.2, 0.25) is 0 Å². The first kappa shape index (κ1) is 21.0. The first-order chi connectivity index (χ1) is 18.8. The van der Waals surface area contributed by atoms with E-state index >= 15 is 0 Å². The summed E-state index contributed by atoms with van der Waals surface area (Å²) in [7, 11) is 0. The highest BCUT2D eigenvalue weighted by Gasteiger charge is 2.16. The second-order valence-electron chi connectivity index (χ2n) is 9.64. The van der Waals surface area contributed by atoms with Gasteiger partial charge in [0, 0.05) is 27.1 Å². The summed E-state index contributed by atoms with van der Waals surface area (Å²) in [4.78, 5) is 5.28. The largest absolute Gasteiger partial charge is 0.456 e. The summed E-state index contributed by atoms with van der Waals surface area (Å²) in [5.41, 5.74) is 8.35. The van der Waals surface area contributed by atoms with Crippen molar-refractivity contribution in [3.8, 4) is 28.2 Å². The Morgan fingerprint density at radius 3 is 1.84 bits per heavy atom. The Morgan fingerprint density at radius 1 is 0.447 bits per heavy atom. The van der Waals surface area contributed by atoms with E-state index < -0.39 is 0 Å². The van der Waals surface area contributed by atoms with Crippen molar-refractivity contribution in [3.05, 3.63) is 133 Å². The minimum atomic E-state index is 0.886. The summed E-state index contributed by atoms with van der Waals surface area (Å²) in [6.45, 7) is 0. The van der Waals surface area contributed by atoms with Crippen LogP contribution in [0.1, 0.15) is 0 Å². The number of furan rings is 1. The molecule has 0 aliphatic carbocycles. The van der Waals surface area contributed by atoms with Crippen LogP contribution < -0.4 is 0 Å². The van der Waals surface area contributed by atoms with E-state index in [4.69, 9.17) is 9.40 Å². The number of hydrogen-bond donors (Lipinski definition) is 0. The van der Waals surface area contributed by atoms with Crippen molar-refractivity contribution in [1.82, 2.24) is 9.55 Å². The van der Waals surface area contributed by atoms with Gasteiger partial charge in [0.05, 0.1) is 16.7 Å². The van der Waals surface area contributed by atoms with E-state index in [1.165, 1.54) is 10.8 Å². The van der Waals surface area contributed by atoms with Gasteiger partial charge < -0.3 is 4.42 Å². The van der Waals surface area contributed by atoms with Gasteiger partial charge in [-0.2, -0.15) is 0 Å². The standard InChI is InChI=1S/C35H22N2O/c1-2-10-23(11-3-1)25-21-30(24-18-19-34-29(20-24)28-14-6-9-17-33(28)38-34)36-35(22-25)37-31-15-7-4-12-26(31)27-13-5-8-16-32(27)37/h1-22H. The number of fused-ring (bicyclic) bond motifs is 6. The fourth-order valence-corrected chi connectivity index (χ4v) is 5.63. The SMILES string of the molecule is c1ccc(-c2cc(-c3ccc4oc5ccccc5c4c3)nc(-n3c4ccccc4c4ccccc43)c2)cc1. The minimum absolute atomic E-state index is 0.886. The maximum absolute atomic E-state index is 6.09. The molecule has 0 N–H and O–H groups in total. The molecule has 0 fully saturated rings. The van der Waals surface area contributed by atoms with Crippen LogP contribution >= 0.6 is 0 Å². The van der Waals surface area contributed by atoms with Crippen LogP contribution in [0, 0.1) is 0 Å². The van der Waals surface area contributed by atoms with E-state index in [9.17, 15) is 0 Å². The van der Waals surface area contributed by atoms with Crippen molar-refractivity contribution in [2.45, 2.75) is 0 Å². The summed E-state index contributed by atoms with van der Waals surface area (Å²) in [5.74, 6) is 0.899. The molecule has 3 nitrogen and oxygen atoms in total. The third kappa shape index (κ3) is 3.19. The zero-order valence-corrected chi connectivity index (χ0v) is 20.5. The molecule has 0 saturated heterocycles. The average Bonchev–Trinajstić information content (AvgIpc) is 3.53. The Hall–Kier alpha value is -5.15. The zero-order valence-electron chi connectivity index (χ0n) is 20.5. The molecule has 0 unspecified atom stereocenters. The third-order valence-electron chi connectivity index (χ3n) is 7.40. The lowest BCUT2D eigenvalue weighted by Gasteiger charge is -2.13. The Bertz CT molecular complexity index is 2080. The van der Waals surface area contributed by atoms with Gasteiger partial charge in [0.25, 0.3) is 0 Å². The third-order valence-corrected chi connectivity index (χ3v) is 7.40. The van der Waals surface area contributed by atoms with Gasteiger partial charge in [-0.15, -0.1) is 0 Å². The fourth-order valence-electron chi connectivity index (χ4n) is 5.63. The minimum Gasteiger partial charge on any atom is -0.456 e. The molecule has 8 rings (SSSR count). The molecule has 0 aliphatic heterocycles. The van der Waals surface area contributed by atoms with Crippen LogP contribution in [-0.2, 0) is 0 Å². The molecule has 0 saturated carbocycles. The smallest absolute Gasteiger partial charge is 0.138 e. The van der Waals surface area contributed by atoms with Gasteiger partial charge in [-0.1, -0.05) is 84.9 Å². The number of aromatic nitrogens is 2. The summed E-state index contributed by atoms with van der Waals surface area (Å²) in [6, 6.07) is 46.6. The van der Waals surface area contributed by atoms with Crippen molar-refractivity contribution in [2.75, 3.05) is 0 Å². The molecule has 3 aromatic heterocycles. The van der Waals surface area contributed by atoms with E-state index in [0.717, 1.165) is 61.2 Å². The fraction of sp³-hybridized carbons (Fsp3) is 0. The summed E-state index contributed by atoms with van der Waals surface area (Å²) >= 11 is 0. The number of hydrogen-bond acceptors (Lipinski definition) is 2. The van der Waals surface area contributed by atoms with Crippen molar-refractivity contribution in [3.63, 3.8) is 0 Å². The lowest BCUT2D eigenvalue weighted by molar-refractivity contribution is 0.669. The highest BCUT2D eigenvalue weighted by molar-refractivity contribution is 6.09. The second-order valence-corrected chi connectivity index (χ2v) is 9.64. The number of nitrogens with zero attached hydrogens (tertiary/aromatic N) is 2. The normalized spacial score (nSPS) is 11.7. The molecule has 0 radical (unpaired) electrons. The first-order valence-electron chi connectivity index (χ1n) is 12.8. The maximum atomic E-state index is 6.09. The molecular weight excluding hydrogens is 464 g/mol. The molecule has 0 spiro atoms. The van der Waals surface area contributed by atoms with Gasteiger partial charge in [0.15, 0.2) is 0 Å². The molecule has 178 valence electrons. The molecule has 3 heterocycles. The van der Waals surface area contributed by atoms with Crippen molar-refractivity contribution < 1.29 is 4.42 Å². The van der Waals surface area contributed by atoms with Crippen LogP contribution in [0.25, 0.3) is 71.9 Å². The van der Waals surface area contributed by atoms with Gasteiger partial charge in [-0.3, -0.25) is 4.57 Å². The molecule has 0 amide bonds. The number of rotatable bonds is 3. The van der Waals surface area contributed by atoms with Crippen molar-refractivity contribution in [2.24, 2.45) is 0 Å². The molecule has 0 bridgehead atoms. The Labute approximate surface area is 219 Å². The van der Waals surface area contributed by atoms with Crippen molar-refractivity contribution in [1.29, 1.82) is 0 Å². The predicted octanol–water partition coefficient (Wildman–Crippen LogP) is 9.41. The molecular formula is C35H22N2O. The highest BCUT2D eigenvalue weighted by Crippen LogP contribution is 2.36. The maximum Gasteiger partial charge on any atom is 0.138 e. The molecule has 38 heavy (non-hydrogen) atoms. The molecule has 5 aromatic carbocycles. The highest BCUT2D eigenvalue weighted by atomic mass is 16.3. The molecule has 0 atom stereocenters. The lowest BCUT2D eigenvalue weighted by atomic mass is 10.0. The van der Waals surface area contributed by atoms with E-state index in [1.807, 2.05) is 12.1 Å². The first-order valence-corrected chi connectivity index (χ1v) is 12.8. The topological polar surface area (TPSA) is 31.0 Å². The van der Waals surface area contributed by atoms with Gasteiger partial charge in [-0.05, 0) is 59.7 Å². The van der Waals surface area contributed by atoms with E-state index in [2.05, 4.69) is 126 Å². The quantitative estimate of drug-likeness (QED) is 0.249. The van der Waals surface area contributed by atoms with Gasteiger partial charge >= 0.3 is 0 Å². The average molecular weight is 487 g/mol. The van der Waals surface area contributed by atoms with Gasteiger partial charge in [0.2, 0.25) is 0 Å². The predicted molar refractivity (Wildman–Crippen MR) is 157 cm³/mol. The zero-order chi connectivity index (χ0) is 25.1. The molecule has 8 aromatic rings. The Balaban J connectivity index is 1.43. The number of para-hydroxylation sites is 3. The monoisotopic (exact) mass is 486 g/mol. The van der Waals surface area contributed by atoms with Gasteiger partial charge in [-0.25, -0.2) is 4.98 Å². The number of benzene rings is 5. The van der Waals surface area contributed by atoms with E-state index in [-0.39, 0.29) is 0 Å². The molecule has 3 heteroatoms. The van der Waals surface area contributed by atoms with Crippen LogP contribution in [0.15, 0.2) is 138 Å². The van der Waals surface area contributed by atoms with Crippen molar-refractivity contribution >= 4 is 43.7 Å². The summed E-state index contributed by atoms with van der Waals surface area (Å²) < 4.78 is 8.37. The van der Waals surface area contributed by atoms with E-state index in [0.29, 0.717) is 0 Å². The van der Waals surface area contributed by atoms with Crippen LogP contribution in [0.4, 0.5) is 0 Å². The summed E-state index contributed by atoms with van der Waals surface area (Å²) in [5, 5.41) is 4.67. The lowest BCUT2D eigenvalue weighted by Crippen LogP contribution is -2.00.